The molecule has 0 aromatic heterocycles. The van der Waals surface area contributed by atoms with Crippen molar-refractivity contribution in [3.8, 4) is 0 Å². The van der Waals surface area contributed by atoms with Crippen LogP contribution in [0.4, 0.5) is 0 Å². The molecule has 0 spiro atoms. The van der Waals surface area contributed by atoms with Crippen LogP contribution in [0.2, 0.25) is 19.6 Å². The van der Waals surface area contributed by atoms with Crippen LogP contribution in [-0.2, 0) is 0 Å². The molecule has 1 aromatic carbocycles. The van der Waals surface area contributed by atoms with E-state index in [1.54, 1.807) is 0 Å². The van der Waals surface area contributed by atoms with Crippen LogP contribution in [0.15, 0.2) is 24.3 Å². The molecule has 0 fully saturated rings. The number of benzene rings is 1. The fraction of sp³-hybridized carbons (Fsp3) is 0.333. The quantitative estimate of drug-likeness (QED) is 0.630. The average molecular weight is 228 g/mol. The molecule has 0 aliphatic rings. The molecule has 0 amide bonds. The van der Waals surface area contributed by atoms with Gasteiger partial charge >= 0.3 is 77.6 Å². The van der Waals surface area contributed by atoms with Crippen LogP contribution in [-0.4, -0.2) is 24.1 Å². The van der Waals surface area contributed by atoms with E-state index in [0.717, 1.165) is 0 Å². The molecule has 0 N–H and O–H groups in total. The molecule has 0 saturated carbocycles. The van der Waals surface area contributed by atoms with Gasteiger partial charge in [0.25, 0.3) is 0 Å². The van der Waals surface area contributed by atoms with E-state index in [1.807, 2.05) is 0 Å². The van der Waals surface area contributed by atoms with Gasteiger partial charge in [0.2, 0.25) is 0 Å². The van der Waals surface area contributed by atoms with Gasteiger partial charge in [0.15, 0.2) is 0 Å². The summed E-state index contributed by atoms with van der Waals surface area (Å²) in [6.45, 7) is 7.09. The molecule has 11 heavy (non-hydrogen) atoms. The molecule has 0 aliphatic heterocycles. The van der Waals surface area contributed by atoms with E-state index in [0.29, 0.717) is 0 Å². The summed E-state index contributed by atoms with van der Waals surface area (Å²) in [6, 6.07) is 8.71. The molecule has 0 bridgehead atoms. The first-order valence-corrected chi connectivity index (χ1v) is 8.13. The normalized spacial score (nSPS) is 11.5. The van der Waals surface area contributed by atoms with E-state index in [9.17, 15) is 0 Å². The Kier molecular flexibility index (Phi) is 2.58. The van der Waals surface area contributed by atoms with Crippen molar-refractivity contribution in [2.45, 2.75) is 19.6 Å². The van der Waals surface area contributed by atoms with Crippen molar-refractivity contribution in [2.24, 2.45) is 0 Å². The zero-order valence-corrected chi connectivity index (χ0v) is 9.93. The molecule has 0 unspecified atom stereocenters. The Labute approximate surface area is 77.8 Å². The second-order valence-corrected chi connectivity index (χ2v) is 9.84. The van der Waals surface area contributed by atoms with Gasteiger partial charge in [-0.05, 0) is 0 Å². The van der Waals surface area contributed by atoms with E-state index in [1.165, 1.54) is 9.65 Å². The first-order chi connectivity index (χ1) is 5.00. The van der Waals surface area contributed by atoms with Crippen molar-refractivity contribution in [1.29, 1.82) is 0 Å². The zero-order valence-electron chi connectivity index (χ0n) is 7.22. The Hall–Kier alpha value is -0.0436. The molecule has 1 radical (unpaired) electrons. The van der Waals surface area contributed by atoms with Crippen LogP contribution >= 0.6 is 0 Å². The average Bonchev–Trinajstić information content (AvgIpc) is 1.86. The predicted molar refractivity (Wildman–Crippen MR) is 54.8 cm³/mol. The third-order valence-corrected chi connectivity index (χ3v) is 4.28. The minimum atomic E-state index is -1.08. The Morgan fingerprint density at radius 3 is 2.18 bits per heavy atom. The van der Waals surface area contributed by atoms with Crippen molar-refractivity contribution in [1.82, 2.24) is 0 Å². The third kappa shape index (κ3) is 2.48. The van der Waals surface area contributed by atoms with Crippen molar-refractivity contribution < 1.29 is 0 Å². The van der Waals surface area contributed by atoms with Gasteiger partial charge in [-0.1, -0.05) is 0 Å². The molecule has 0 heterocycles. The molecule has 0 atom stereocenters. The summed E-state index contributed by atoms with van der Waals surface area (Å²) in [7, 11) is -1.08. The fourth-order valence-electron chi connectivity index (χ4n) is 0.963. The van der Waals surface area contributed by atoms with Gasteiger partial charge in [0, 0.05) is 0 Å². The maximum atomic E-state index is 3.04. The first kappa shape index (κ1) is 9.05. The Bertz CT molecular complexity index is 250. The topological polar surface area (TPSA) is 0 Å². The van der Waals surface area contributed by atoms with Crippen molar-refractivity contribution >= 4 is 33.7 Å². The van der Waals surface area contributed by atoms with Gasteiger partial charge < -0.3 is 0 Å². The number of hydrogen-bond donors (Lipinski definition) is 0. The molecular weight excluding hydrogens is 215 g/mol. The molecule has 0 aliphatic carbocycles. The first-order valence-electron chi connectivity index (χ1n) is 3.78. The number of rotatable bonds is 1. The molecule has 1 aromatic rings. The van der Waals surface area contributed by atoms with Gasteiger partial charge in [0.1, 0.15) is 0 Å². The summed E-state index contributed by atoms with van der Waals surface area (Å²) in [5.41, 5.74) is 0. The van der Waals surface area contributed by atoms with Crippen molar-refractivity contribution in [3.05, 3.63) is 24.3 Å². The summed E-state index contributed by atoms with van der Waals surface area (Å²) in [5.74, 6) is 0. The van der Waals surface area contributed by atoms with Crippen LogP contribution in [0, 0.1) is 0 Å². The molecule has 0 nitrogen and oxygen atoms in total. The van der Waals surface area contributed by atoms with Crippen molar-refractivity contribution in [3.63, 3.8) is 0 Å². The molecule has 1 rings (SSSR count). The summed E-state index contributed by atoms with van der Waals surface area (Å²) >= 11 is 3.04. The Morgan fingerprint density at radius 1 is 1.18 bits per heavy atom. The van der Waals surface area contributed by atoms with Gasteiger partial charge in [-0.15, -0.1) is 0 Å². The van der Waals surface area contributed by atoms with Crippen LogP contribution in [0.5, 0.6) is 0 Å². The van der Waals surface area contributed by atoms with Crippen LogP contribution in [0.1, 0.15) is 0 Å². The van der Waals surface area contributed by atoms with E-state index >= 15 is 0 Å². The summed E-state index contributed by atoms with van der Waals surface area (Å²) in [6.07, 6.45) is 0. The molecular formula is C9H13SeSi. The van der Waals surface area contributed by atoms with E-state index < -0.39 is 8.07 Å². The van der Waals surface area contributed by atoms with E-state index in [-0.39, 0.29) is 0 Å². The Morgan fingerprint density at radius 2 is 1.82 bits per heavy atom. The van der Waals surface area contributed by atoms with Gasteiger partial charge in [0.05, 0.1) is 0 Å². The summed E-state index contributed by atoms with van der Waals surface area (Å²) in [5, 5.41) is 1.52. The van der Waals surface area contributed by atoms with Gasteiger partial charge in [-0.25, -0.2) is 0 Å². The van der Waals surface area contributed by atoms with Crippen LogP contribution in [0.3, 0.4) is 0 Å². The monoisotopic (exact) mass is 229 g/mol. The predicted octanol–water partition coefficient (Wildman–Crippen LogP) is 1.03. The van der Waals surface area contributed by atoms with Crippen molar-refractivity contribution in [2.75, 3.05) is 0 Å². The minimum absolute atomic E-state index is 1.08. The van der Waals surface area contributed by atoms with Gasteiger partial charge in [-0.3, -0.25) is 0 Å². The van der Waals surface area contributed by atoms with E-state index in [4.69, 9.17) is 0 Å². The number of hydrogen-bond acceptors (Lipinski definition) is 0. The zero-order chi connectivity index (χ0) is 8.48. The SMILES string of the molecule is C[Si](C)(C)c1cccc([Se])c1. The third-order valence-electron chi connectivity index (χ3n) is 1.70. The fourth-order valence-corrected chi connectivity index (χ4v) is 2.81. The maximum absolute atomic E-state index is 3.04. The van der Waals surface area contributed by atoms with Gasteiger partial charge in [-0.2, -0.15) is 0 Å². The second kappa shape index (κ2) is 3.14. The molecule has 0 saturated heterocycles. The Balaban J connectivity index is 3.06. The van der Waals surface area contributed by atoms with E-state index in [2.05, 4.69) is 59.9 Å². The standard InChI is InChI=1S/C9H13SeSi/c1-11(2,3)9-6-4-5-8(10)7-9/h4-7H,1-3H3. The summed E-state index contributed by atoms with van der Waals surface area (Å²) < 4.78 is 1.25. The second-order valence-electron chi connectivity index (χ2n) is 3.78. The molecule has 59 valence electrons. The summed E-state index contributed by atoms with van der Waals surface area (Å²) in [4.78, 5) is 0. The van der Waals surface area contributed by atoms with Crippen LogP contribution in [0.25, 0.3) is 0 Å². The van der Waals surface area contributed by atoms with Crippen LogP contribution < -0.4 is 9.65 Å². The molecule has 2 heteroatoms.